The maximum Gasteiger partial charge on any atom is 0.311 e. The molecule has 1 saturated carbocycles. The van der Waals surface area contributed by atoms with Gasteiger partial charge in [-0.1, -0.05) is 20.8 Å². The first-order chi connectivity index (χ1) is 12.6. The molecular formula is C21H36N2O4. The lowest BCUT2D eigenvalue weighted by molar-refractivity contribution is -0.142. The van der Waals surface area contributed by atoms with Crippen LogP contribution in [0.5, 0.6) is 0 Å². The summed E-state index contributed by atoms with van der Waals surface area (Å²) in [6.07, 6.45) is 1.52. The third-order valence-corrected chi connectivity index (χ3v) is 5.19. The first-order valence-corrected chi connectivity index (χ1v) is 9.95. The number of hydrogen-bond donors (Lipinski definition) is 0. The molecule has 3 unspecified atom stereocenters. The zero-order chi connectivity index (χ0) is 20.6. The molecule has 0 amide bonds. The highest BCUT2D eigenvalue weighted by Gasteiger charge is 2.46. The Balaban J connectivity index is 2.86. The molecule has 27 heavy (non-hydrogen) atoms. The molecule has 0 aromatic rings. The Morgan fingerprint density at radius 3 is 2.04 bits per heavy atom. The Bertz CT molecular complexity index is 581. The van der Waals surface area contributed by atoms with Gasteiger partial charge in [-0.2, -0.15) is 0 Å². The fourth-order valence-corrected chi connectivity index (χ4v) is 3.99. The summed E-state index contributed by atoms with van der Waals surface area (Å²) in [4.78, 5) is 32.9. The zero-order valence-electron chi connectivity index (χ0n) is 18.0. The maximum atomic E-state index is 11.7. The molecule has 0 radical (unpaired) electrons. The summed E-state index contributed by atoms with van der Waals surface area (Å²) in [7, 11) is 0. The summed E-state index contributed by atoms with van der Waals surface area (Å²) >= 11 is 0. The van der Waals surface area contributed by atoms with Crippen molar-refractivity contribution in [3.8, 4) is 0 Å². The van der Waals surface area contributed by atoms with Gasteiger partial charge in [0, 0.05) is 23.9 Å². The largest absolute Gasteiger partial charge is 0.466 e. The Labute approximate surface area is 163 Å². The van der Waals surface area contributed by atoms with Gasteiger partial charge in [0.1, 0.15) is 0 Å². The van der Waals surface area contributed by atoms with E-state index in [9.17, 15) is 9.59 Å². The molecule has 0 bridgehead atoms. The van der Waals surface area contributed by atoms with Gasteiger partial charge in [0.25, 0.3) is 0 Å². The molecule has 3 atom stereocenters. The van der Waals surface area contributed by atoms with Gasteiger partial charge in [-0.15, -0.1) is 0 Å². The smallest absolute Gasteiger partial charge is 0.311 e. The quantitative estimate of drug-likeness (QED) is 0.449. The molecule has 1 rings (SSSR count). The number of nitrogens with zero attached hydrogens (tertiary/aromatic N) is 2. The van der Waals surface area contributed by atoms with E-state index in [1.807, 2.05) is 13.8 Å². The molecule has 1 aliphatic rings. The maximum absolute atomic E-state index is 11.7. The number of ether oxygens (including phenoxy) is 2. The van der Waals surface area contributed by atoms with Crippen molar-refractivity contribution in [1.82, 2.24) is 0 Å². The van der Waals surface area contributed by atoms with Gasteiger partial charge in [-0.3, -0.25) is 19.6 Å². The topological polar surface area (TPSA) is 77.3 Å². The second-order valence-corrected chi connectivity index (χ2v) is 8.17. The Hall–Kier alpha value is -1.72. The van der Waals surface area contributed by atoms with E-state index in [4.69, 9.17) is 14.5 Å². The lowest BCUT2D eigenvalue weighted by atomic mass is 9.80. The predicted molar refractivity (Wildman–Crippen MR) is 108 cm³/mol. The van der Waals surface area contributed by atoms with Crippen molar-refractivity contribution < 1.29 is 19.1 Å². The predicted octanol–water partition coefficient (Wildman–Crippen LogP) is 3.87. The normalized spacial score (nSPS) is 25.4. The average Bonchev–Trinajstić information content (AvgIpc) is 2.74. The molecule has 0 saturated heterocycles. The highest BCUT2D eigenvalue weighted by Crippen LogP contribution is 2.47. The van der Waals surface area contributed by atoms with Gasteiger partial charge < -0.3 is 9.47 Å². The van der Waals surface area contributed by atoms with Crippen molar-refractivity contribution in [1.29, 1.82) is 0 Å². The number of carbonyl (C=O) groups excluding carboxylic acids is 2. The van der Waals surface area contributed by atoms with Crippen LogP contribution in [0.4, 0.5) is 0 Å². The number of carbonyl (C=O) groups is 2. The zero-order valence-corrected chi connectivity index (χ0v) is 18.0. The summed E-state index contributed by atoms with van der Waals surface area (Å²) in [5.41, 5.74) is 1.70. The van der Waals surface area contributed by atoms with E-state index >= 15 is 0 Å². The first kappa shape index (κ1) is 23.3. The van der Waals surface area contributed by atoms with Crippen molar-refractivity contribution in [2.45, 2.75) is 73.8 Å². The van der Waals surface area contributed by atoms with E-state index in [1.54, 1.807) is 13.8 Å². The van der Waals surface area contributed by atoms with Gasteiger partial charge in [0.2, 0.25) is 0 Å². The van der Waals surface area contributed by atoms with Crippen LogP contribution in [0.2, 0.25) is 0 Å². The molecule has 0 aliphatic heterocycles. The third-order valence-electron chi connectivity index (χ3n) is 5.19. The standard InChI is InChI=1S/C21H36N2O4/c1-8-26-18(24)10-15(4)22-13-17-20(14(3)12-21(17,6)7)23-16(5)11-19(25)27-9-2/h14,17,20H,8-13H2,1-7H3. The van der Waals surface area contributed by atoms with E-state index in [0.29, 0.717) is 25.7 Å². The minimum atomic E-state index is -0.238. The fraction of sp³-hybridized carbons (Fsp3) is 0.810. The molecule has 1 fully saturated rings. The van der Waals surface area contributed by atoms with E-state index in [1.165, 1.54) is 0 Å². The molecule has 0 aromatic carbocycles. The van der Waals surface area contributed by atoms with Gasteiger partial charge >= 0.3 is 11.9 Å². The number of rotatable bonds is 9. The van der Waals surface area contributed by atoms with Crippen LogP contribution in [0, 0.1) is 17.3 Å². The number of hydrogen-bond acceptors (Lipinski definition) is 6. The van der Waals surface area contributed by atoms with Gasteiger partial charge in [-0.05, 0) is 45.4 Å². The monoisotopic (exact) mass is 380 g/mol. The summed E-state index contributed by atoms with van der Waals surface area (Å²) in [6, 6.07) is 0.119. The minimum Gasteiger partial charge on any atom is -0.466 e. The molecule has 6 nitrogen and oxygen atoms in total. The van der Waals surface area contributed by atoms with Crippen LogP contribution in [0.25, 0.3) is 0 Å². The summed E-state index contributed by atoms with van der Waals surface area (Å²) in [6.45, 7) is 15.5. The minimum absolute atomic E-state index is 0.103. The number of esters is 2. The van der Waals surface area contributed by atoms with Crippen LogP contribution in [0.3, 0.4) is 0 Å². The fourth-order valence-electron chi connectivity index (χ4n) is 3.99. The summed E-state index contributed by atoms with van der Waals surface area (Å²) in [5, 5.41) is 0. The molecular weight excluding hydrogens is 344 g/mol. The van der Waals surface area contributed by atoms with Gasteiger partial charge in [0.15, 0.2) is 0 Å². The van der Waals surface area contributed by atoms with Crippen molar-refractivity contribution in [3.05, 3.63) is 0 Å². The Morgan fingerprint density at radius 1 is 1.00 bits per heavy atom. The van der Waals surface area contributed by atoms with E-state index < -0.39 is 0 Å². The van der Waals surface area contributed by atoms with Crippen LogP contribution in [0.15, 0.2) is 9.98 Å². The SMILES string of the molecule is CCOC(=O)CC(C)=NCC1C(N=C(C)CC(=O)OCC)C(C)CC1(C)C. The van der Waals surface area contributed by atoms with Crippen molar-refractivity contribution in [2.75, 3.05) is 19.8 Å². The molecule has 0 aromatic heterocycles. The van der Waals surface area contributed by atoms with Crippen LogP contribution < -0.4 is 0 Å². The molecule has 1 aliphatic carbocycles. The van der Waals surface area contributed by atoms with Gasteiger partial charge in [0.05, 0.1) is 32.1 Å². The Morgan fingerprint density at radius 2 is 1.52 bits per heavy atom. The number of aliphatic imine (C=N–C) groups is 2. The lowest BCUT2D eigenvalue weighted by Crippen LogP contribution is -2.29. The second-order valence-electron chi connectivity index (χ2n) is 8.17. The van der Waals surface area contributed by atoms with E-state index in [0.717, 1.165) is 17.8 Å². The lowest BCUT2D eigenvalue weighted by Gasteiger charge is -2.28. The summed E-state index contributed by atoms with van der Waals surface area (Å²) in [5.74, 6) is 0.214. The highest BCUT2D eigenvalue weighted by molar-refractivity contribution is 5.98. The molecule has 0 N–H and O–H groups in total. The molecule has 0 heterocycles. The Kier molecular flexibility index (Phi) is 9.13. The van der Waals surface area contributed by atoms with Crippen molar-refractivity contribution in [3.63, 3.8) is 0 Å². The molecule has 6 heteroatoms. The van der Waals surface area contributed by atoms with Crippen LogP contribution in [-0.2, 0) is 19.1 Å². The van der Waals surface area contributed by atoms with Crippen LogP contribution in [-0.4, -0.2) is 49.2 Å². The van der Waals surface area contributed by atoms with Gasteiger partial charge in [-0.25, -0.2) is 0 Å². The van der Waals surface area contributed by atoms with Crippen LogP contribution >= 0.6 is 0 Å². The second kappa shape index (κ2) is 10.6. The summed E-state index contributed by atoms with van der Waals surface area (Å²) < 4.78 is 10.0. The van der Waals surface area contributed by atoms with Crippen molar-refractivity contribution >= 4 is 23.4 Å². The average molecular weight is 381 g/mol. The highest BCUT2D eigenvalue weighted by atomic mass is 16.5. The van der Waals surface area contributed by atoms with E-state index in [-0.39, 0.29) is 42.2 Å². The van der Waals surface area contributed by atoms with Crippen molar-refractivity contribution in [2.24, 2.45) is 27.2 Å². The molecule has 0 spiro atoms. The third kappa shape index (κ3) is 7.43. The van der Waals surface area contributed by atoms with Crippen LogP contribution in [0.1, 0.15) is 67.7 Å². The molecule has 154 valence electrons. The first-order valence-electron chi connectivity index (χ1n) is 9.95. The van der Waals surface area contributed by atoms with E-state index in [2.05, 4.69) is 25.8 Å².